The Balaban J connectivity index is 1.36. The number of benzene rings is 2. The van der Waals surface area contributed by atoms with Gasteiger partial charge in [-0.2, -0.15) is 0 Å². The van der Waals surface area contributed by atoms with Gasteiger partial charge in [0.05, 0.1) is 11.8 Å². The summed E-state index contributed by atoms with van der Waals surface area (Å²) in [6.45, 7) is 2.65. The lowest BCUT2D eigenvalue weighted by Crippen LogP contribution is -2.50. The first-order valence-corrected chi connectivity index (χ1v) is 11.6. The maximum Gasteiger partial charge on any atom is 0.225 e. The maximum atomic E-state index is 12.7. The SMILES string of the molecule is O=C(NCCCc1ccccc1)C1CCNCC1C(=O)NCCCCc1ccccc1. The van der Waals surface area contributed by atoms with Gasteiger partial charge >= 0.3 is 0 Å². The fraction of sp³-hybridized carbons (Fsp3) is 0.462. The normalized spacial score (nSPS) is 18.3. The van der Waals surface area contributed by atoms with Crippen LogP contribution in [0.4, 0.5) is 0 Å². The highest BCUT2D eigenvalue weighted by molar-refractivity contribution is 5.88. The maximum absolute atomic E-state index is 12.7. The Morgan fingerprint density at radius 1 is 0.742 bits per heavy atom. The number of carbonyl (C=O) groups is 2. The predicted molar refractivity (Wildman–Crippen MR) is 125 cm³/mol. The molecule has 1 fully saturated rings. The molecule has 0 saturated carbocycles. The summed E-state index contributed by atoms with van der Waals surface area (Å²) in [5.41, 5.74) is 2.61. The van der Waals surface area contributed by atoms with Crippen molar-refractivity contribution in [3.8, 4) is 0 Å². The average Bonchev–Trinajstić information content (AvgIpc) is 2.82. The summed E-state index contributed by atoms with van der Waals surface area (Å²) >= 11 is 0. The second-order valence-electron chi connectivity index (χ2n) is 8.32. The number of unbranched alkanes of at least 4 members (excludes halogenated alkanes) is 1. The van der Waals surface area contributed by atoms with Crippen molar-refractivity contribution in [3.05, 3.63) is 71.8 Å². The van der Waals surface area contributed by atoms with Crippen LogP contribution in [0.3, 0.4) is 0 Å². The smallest absolute Gasteiger partial charge is 0.225 e. The molecule has 0 spiro atoms. The predicted octanol–water partition coefficient (Wildman–Crippen LogP) is 3.10. The van der Waals surface area contributed by atoms with E-state index in [1.807, 2.05) is 24.3 Å². The Morgan fingerprint density at radius 2 is 1.29 bits per heavy atom. The van der Waals surface area contributed by atoms with Crippen LogP contribution in [0.1, 0.15) is 36.8 Å². The molecule has 5 nitrogen and oxygen atoms in total. The van der Waals surface area contributed by atoms with Gasteiger partial charge < -0.3 is 16.0 Å². The summed E-state index contributed by atoms with van der Waals surface area (Å²) in [5, 5.41) is 9.38. The number of rotatable bonds is 11. The molecule has 1 saturated heterocycles. The first kappa shape index (κ1) is 23.0. The largest absolute Gasteiger partial charge is 0.356 e. The lowest BCUT2D eigenvalue weighted by atomic mass is 9.85. The van der Waals surface area contributed by atoms with Gasteiger partial charge in [-0.3, -0.25) is 9.59 Å². The van der Waals surface area contributed by atoms with E-state index in [0.717, 1.165) is 38.6 Å². The fourth-order valence-electron chi connectivity index (χ4n) is 4.17. The zero-order chi connectivity index (χ0) is 21.7. The highest BCUT2D eigenvalue weighted by Crippen LogP contribution is 2.20. The first-order valence-electron chi connectivity index (χ1n) is 11.6. The molecular weight excluding hydrogens is 386 g/mol. The topological polar surface area (TPSA) is 70.2 Å². The van der Waals surface area contributed by atoms with E-state index in [4.69, 9.17) is 0 Å². The van der Waals surface area contributed by atoms with Crippen molar-refractivity contribution in [2.24, 2.45) is 11.8 Å². The van der Waals surface area contributed by atoms with Gasteiger partial charge in [-0.15, -0.1) is 0 Å². The highest BCUT2D eigenvalue weighted by atomic mass is 16.2. The second kappa shape index (κ2) is 12.9. The number of aryl methyl sites for hydroxylation is 2. The van der Waals surface area contributed by atoms with Gasteiger partial charge in [-0.25, -0.2) is 0 Å². The van der Waals surface area contributed by atoms with Crippen LogP contribution in [-0.4, -0.2) is 38.0 Å². The number of carbonyl (C=O) groups excluding carboxylic acids is 2. The van der Waals surface area contributed by atoms with Gasteiger partial charge in [0.2, 0.25) is 11.8 Å². The zero-order valence-corrected chi connectivity index (χ0v) is 18.3. The van der Waals surface area contributed by atoms with Gasteiger partial charge in [0.25, 0.3) is 0 Å². The first-order chi connectivity index (χ1) is 15.2. The van der Waals surface area contributed by atoms with Crippen LogP contribution >= 0.6 is 0 Å². The van der Waals surface area contributed by atoms with Crippen molar-refractivity contribution in [1.29, 1.82) is 0 Å². The summed E-state index contributed by atoms with van der Waals surface area (Å²) < 4.78 is 0. The molecule has 2 amide bonds. The van der Waals surface area contributed by atoms with E-state index in [9.17, 15) is 9.59 Å². The summed E-state index contributed by atoms with van der Waals surface area (Å²) in [6.07, 6.45) is 5.56. The molecule has 5 heteroatoms. The monoisotopic (exact) mass is 421 g/mol. The number of hydrogen-bond donors (Lipinski definition) is 3. The molecule has 3 rings (SSSR count). The number of hydrogen-bond acceptors (Lipinski definition) is 3. The van der Waals surface area contributed by atoms with E-state index in [1.165, 1.54) is 11.1 Å². The van der Waals surface area contributed by atoms with Crippen LogP contribution in [0.2, 0.25) is 0 Å². The number of nitrogens with one attached hydrogen (secondary N) is 3. The molecule has 0 bridgehead atoms. The Bertz CT molecular complexity index is 795. The van der Waals surface area contributed by atoms with Crippen LogP contribution < -0.4 is 16.0 Å². The minimum Gasteiger partial charge on any atom is -0.356 e. The lowest BCUT2D eigenvalue weighted by Gasteiger charge is -2.30. The molecule has 1 aliphatic rings. The molecular formula is C26H35N3O2. The Hall–Kier alpha value is -2.66. The summed E-state index contributed by atoms with van der Waals surface area (Å²) in [4.78, 5) is 25.5. The van der Waals surface area contributed by atoms with E-state index in [0.29, 0.717) is 26.1 Å². The van der Waals surface area contributed by atoms with Crippen LogP contribution in [0.15, 0.2) is 60.7 Å². The van der Waals surface area contributed by atoms with Crippen LogP contribution in [0, 0.1) is 11.8 Å². The quantitative estimate of drug-likeness (QED) is 0.488. The van der Waals surface area contributed by atoms with E-state index in [-0.39, 0.29) is 23.7 Å². The van der Waals surface area contributed by atoms with Gasteiger partial charge in [-0.05, 0) is 56.2 Å². The molecule has 2 unspecified atom stereocenters. The van der Waals surface area contributed by atoms with Gasteiger partial charge in [0, 0.05) is 19.6 Å². The van der Waals surface area contributed by atoms with Crippen molar-refractivity contribution in [3.63, 3.8) is 0 Å². The lowest BCUT2D eigenvalue weighted by molar-refractivity contribution is -0.135. The Labute approximate surface area is 186 Å². The minimum absolute atomic E-state index is 0.00338. The van der Waals surface area contributed by atoms with Crippen molar-refractivity contribution in [2.45, 2.75) is 38.5 Å². The molecule has 2 atom stereocenters. The summed E-state index contributed by atoms with van der Waals surface area (Å²) in [7, 11) is 0. The molecule has 0 radical (unpaired) electrons. The van der Waals surface area contributed by atoms with Gasteiger partial charge in [0.1, 0.15) is 0 Å². The van der Waals surface area contributed by atoms with Gasteiger partial charge in [0.15, 0.2) is 0 Å². The van der Waals surface area contributed by atoms with E-state index < -0.39 is 0 Å². The molecule has 2 aromatic rings. The van der Waals surface area contributed by atoms with E-state index in [1.54, 1.807) is 0 Å². The molecule has 0 aliphatic carbocycles. The average molecular weight is 422 g/mol. The molecule has 1 aliphatic heterocycles. The van der Waals surface area contributed by atoms with Crippen molar-refractivity contribution < 1.29 is 9.59 Å². The molecule has 0 aromatic heterocycles. The zero-order valence-electron chi connectivity index (χ0n) is 18.3. The third-order valence-corrected chi connectivity index (χ3v) is 5.97. The van der Waals surface area contributed by atoms with Crippen LogP contribution in [0.25, 0.3) is 0 Å². The molecule has 31 heavy (non-hydrogen) atoms. The number of amides is 2. The molecule has 166 valence electrons. The third kappa shape index (κ3) is 7.83. The van der Waals surface area contributed by atoms with Crippen molar-refractivity contribution in [2.75, 3.05) is 26.2 Å². The van der Waals surface area contributed by atoms with Gasteiger partial charge in [-0.1, -0.05) is 60.7 Å². The minimum atomic E-state index is -0.294. The summed E-state index contributed by atoms with van der Waals surface area (Å²) in [5.74, 6) is -0.533. The number of piperidine rings is 1. The highest BCUT2D eigenvalue weighted by Gasteiger charge is 2.35. The van der Waals surface area contributed by atoms with E-state index >= 15 is 0 Å². The second-order valence-corrected chi connectivity index (χ2v) is 8.32. The molecule has 3 N–H and O–H groups in total. The van der Waals surface area contributed by atoms with E-state index in [2.05, 4.69) is 52.3 Å². The molecule has 2 aromatic carbocycles. The standard InChI is InChI=1S/C26H35N3O2/c30-25(29-18-9-15-22-12-5-2-6-13-22)23-16-19-27-20-24(23)26(31)28-17-8-7-14-21-10-3-1-4-11-21/h1-6,10-13,23-24,27H,7-9,14-20H2,(H,28,31)(H,29,30). The van der Waals surface area contributed by atoms with Crippen molar-refractivity contribution in [1.82, 2.24) is 16.0 Å². The third-order valence-electron chi connectivity index (χ3n) is 5.97. The van der Waals surface area contributed by atoms with Crippen molar-refractivity contribution >= 4 is 11.8 Å². The fourth-order valence-corrected chi connectivity index (χ4v) is 4.17. The molecule has 1 heterocycles. The summed E-state index contributed by atoms with van der Waals surface area (Å²) in [6, 6.07) is 20.7. The van der Waals surface area contributed by atoms with Crippen LogP contribution in [-0.2, 0) is 22.4 Å². The van der Waals surface area contributed by atoms with Crippen LogP contribution in [0.5, 0.6) is 0 Å². The Morgan fingerprint density at radius 3 is 1.94 bits per heavy atom. The Kier molecular flexibility index (Phi) is 9.58.